The van der Waals surface area contributed by atoms with Crippen LogP contribution >= 0.6 is 0 Å². The zero-order chi connectivity index (χ0) is 14.2. The zero-order valence-electron chi connectivity index (χ0n) is 12.3. The lowest BCUT2D eigenvalue weighted by atomic mass is 10.1. The van der Waals surface area contributed by atoms with Crippen molar-refractivity contribution in [2.75, 3.05) is 27.4 Å². The Kier molecular flexibility index (Phi) is 43.1. The molecule has 21 heavy (non-hydrogen) atoms. The molecule has 0 fully saturated rings. The van der Waals surface area contributed by atoms with Crippen molar-refractivity contribution in [2.24, 2.45) is 0 Å². The lowest BCUT2D eigenvalue weighted by molar-refractivity contribution is -0.000536. The highest BCUT2D eigenvalue weighted by Gasteiger charge is 2.12. The summed E-state index contributed by atoms with van der Waals surface area (Å²) in [6.45, 7) is 5.30. The van der Waals surface area contributed by atoms with Crippen LogP contribution in [0, 0.1) is 0 Å². The number of rotatable bonds is 9. The van der Waals surface area contributed by atoms with Crippen molar-refractivity contribution in [3.05, 3.63) is 12.2 Å². The van der Waals surface area contributed by atoms with Crippen LogP contribution in [0.1, 0.15) is 61.8 Å². The van der Waals surface area contributed by atoms with Crippen LogP contribution in [0.3, 0.4) is 0 Å². The van der Waals surface area contributed by atoms with Gasteiger partial charge in [0.1, 0.15) is 0 Å². The summed E-state index contributed by atoms with van der Waals surface area (Å²) in [6.07, 6.45) is 6.33. The molecule has 0 aliphatic rings. The molecule has 0 aliphatic heterocycles. The van der Waals surface area contributed by atoms with Crippen LogP contribution in [0.5, 0.6) is 0 Å². The monoisotopic (exact) mass is 310 g/mol. The Morgan fingerprint density at radius 1 is 0.857 bits per heavy atom. The summed E-state index contributed by atoms with van der Waals surface area (Å²) in [4.78, 5) is 0. The third-order valence-corrected chi connectivity index (χ3v) is 2.37. The van der Waals surface area contributed by atoms with Crippen LogP contribution in [0.2, 0.25) is 0 Å². The van der Waals surface area contributed by atoms with Gasteiger partial charge in [0.15, 0.2) is 0 Å². The first-order valence-corrected chi connectivity index (χ1v) is 6.62. The van der Waals surface area contributed by atoms with E-state index in [0.717, 1.165) is 19.4 Å². The molecule has 0 amide bonds. The van der Waals surface area contributed by atoms with Gasteiger partial charge in [-0.25, -0.2) is 0 Å². The van der Waals surface area contributed by atoms with Crippen molar-refractivity contribution in [2.45, 2.75) is 74.0 Å². The summed E-state index contributed by atoms with van der Waals surface area (Å²) in [7, 11) is 3.30. The number of allylic oxidation sites excluding steroid dienone is 1. The van der Waals surface area contributed by atoms with Gasteiger partial charge in [0.05, 0.1) is 12.2 Å². The van der Waals surface area contributed by atoms with Crippen molar-refractivity contribution in [1.29, 1.82) is 0 Å². The topological polar surface area (TPSA) is 58.9 Å². The minimum atomic E-state index is -0.634. The van der Waals surface area contributed by atoms with Gasteiger partial charge in [-0.1, -0.05) is 48.3 Å². The molecule has 2 unspecified atom stereocenters. The first-order chi connectivity index (χ1) is 8.63. The smallest absolute Gasteiger partial charge is 0.0820 e. The summed E-state index contributed by atoms with van der Waals surface area (Å²) in [5.41, 5.74) is 0. The minimum Gasteiger partial charge on any atom is -0.390 e. The molecule has 0 radical (unpaired) electrons. The van der Waals surface area contributed by atoms with Gasteiger partial charge in [0.25, 0.3) is 0 Å². The van der Waals surface area contributed by atoms with Crippen LogP contribution in [-0.4, -0.2) is 49.9 Å². The van der Waals surface area contributed by atoms with E-state index in [9.17, 15) is 0 Å². The summed E-state index contributed by atoms with van der Waals surface area (Å²) >= 11 is 0. The summed E-state index contributed by atoms with van der Waals surface area (Å²) in [5, 5.41) is 18.2. The van der Waals surface area contributed by atoms with Gasteiger partial charge < -0.3 is 19.7 Å². The molecule has 0 aromatic rings. The molecule has 0 spiro atoms. The fourth-order valence-corrected chi connectivity index (χ4v) is 1.17. The molecule has 0 bridgehead atoms. The average Bonchev–Trinajstić information content (AvgIpc) is 2.40. The molecule has 2 N–H and O–H groups in total. The van der Waals surface area contributed by atoms with E-state index < -0.39 is 12.2 Å². The molecular weight excluding hydrogens is 268 g/mol. The van der Waals surface area contributed by atoms with E-state index in [-0.39, 0.29) is 22.3 Å². The SMILES string of the molecule is C.C.C.CC/C=C/CCOC.CCC(O)C(O)CCOC. The number of ether oxygens (including phenoxy) is 2. The number of hydrogen-bond acceptors (Lipinski definition) is 4. The number of methoxy groups -OCH3 is 2. The van der Waals surface area contributed by atoms with E-state index in [0.29, 0.717) is 19.4 Å². The predicted molar refractivity (Wildman–Crippen MR) is 94.9 cm³/mol. The third kappa shape index (κ3) is 28.5. The summed E-state index contributed by atoms with van der Waals surface area (Å²) in [5.74, 6) is 0. The molecule has 0 rings (SSSR count). The van der Waals surface area contributed by atoms with Crippen LogP contribution in [0.25, 0.3) is 0 Å². The molecule has 2 atom stereocenters. The van der Waals surface area contributed by atoms with Gasteiger partial charge in [-0.3, -0.25) is 0 Å². The molecule has 0 aromatic carbocycles. The van der Waals surface area contributed by atoms with Crippen molar-refractivity contribution in [1.82, 2.24) is 0 Å². The normalized spacial score (nSPS) is 12.1. The quantitative estimate of drug-likeness (QED) is 0.498. The Labute approximate surface area is 134 Å². The average molecular weight is 311 g/mol. The highest BCUT2D eigenvalue weighted by molar-refractivity contribution is 4.79. The molecule has 134 valence electrons. The van der Waals surface area contributed by atoms with E-state index in [1.165, 1.54) is 0 Å². The second kappa shape index (κ2) is 27.8. The van der Waals surface area contributed by atoms with E-state index in [1.807, 2.05) is 6.92 Å². The van der Waals surface area contributed by atoms with Gasteiger partial charge in [0.2, 0.25) is 0 Å². The molecular formula is C17H42O4. The lowest BCUT2D eigenvalue weighted by Gasteiger charge is -2.14. The van der Waals surface area contributed by atoms with E-state index in [2.05, 4.69) is 19.1 Å². The molecule has 0 saturated heterocycles. The molecule has 0 saturated carbocycles. The Bertz CT molecular complexity index is 172. The molecule has 4 heteroatoms. The maximum absolute atomic E-state index is 9.12. The Balaban J connectivity index is -0.0000000724. The molecule has 4 nitrogen and oxygen atoms in total. The number of hydrogen-bond donors (Lipinski definition) is 2. The van der Waals surface area contributed by atoms with Crippen molar-refractivity contribution < 1.29 is 19.7 Å². The van der Waals surface area contributed by atoms with Crippen LogP contribution in [-0.2, 0) is 9.47 Å². The maximum Gasteiger partial charge on any atom is 0.0820 e. The van der Waals surface area contributed by atoms with Gasteiger partial charge in [-0.2, -0.15) is 0 Å². The third-order valence-electron chi connectivity index (χ3n) is 2.37. The highest BCUT2D eigenvalue weighted by Crippen LogP contribution is 2.02. The maximum atomic E-state index is 9.12. The van der Waals surface area contributed by atoms with Crippen LogP contribution < -0.4 is 0 Å². The number of aliphatic hydroxyl groups excluding tert-OH is 2. The number of aliphatic hydroxyl groups is 2. The summed E-state index contributed by atoms with van der Waals surface area (Å²) < 4.78 is 9.57. The highest BCUT2D eigenvalue weighted by atomic mass is 16.5. The predicted octanol–water partition coefficient (Wildman–Crippen LogP) is 4.05. The van der Waals surface area contributed by atoms with Crippen molar-refractivity contribution in [3.8, 4) is 0 Å². The van der Waals surface area contributed by atoms with Gasteiger partial charge in [-0.05, 0) is 25.7 Å². The fourth-order valence-electron chi connectivity index (χ4n) is 1.17. The molecule has 0 heterocycles. The second-order valence-electron chi connectivity index (χ2n) is 3.99. The lowest BCUT2D eigenvalue weighted by Crippen LogP contribution is -2.26. The second-order valence-corrected chi connectivity index (χ2v) is 3.99. The van der Waals surface area contributed by atoms with Gasteiger partial charge >= 0.3 is 0 Å². The zero-order valence-corrected chi connectivity index (χ0v) is 12.3. The largest absolute Gasteiger partial charge is 0.390 e. The van der Waals surface area contributed by atoms with Crippen LogP contribution in [0.15, 0.2) is 12.2 Å². The fraction of sp³-hybridized carbons (Fsp3) is 0.882. The summed E-state index contributed by atoms with van der Waals surface area (Å²) in [6, 6.07) is 0. The molecule has 0 aromatic heterocycles. The van der Waals surface area contributed by atoms with Gasteiger partial charge in [0, 0.05) is 27.4 Å². The van der Waals surface area contributed by atoms with Crippen molar-refractivity contribution >= 4 is 0 Å². The van der Waals surface area contributed by atoms with Crippen LogP contribution in [0.4, 0.5) is 0 Å². The van der Waals surface area contributed by atoms with Crippen molar-refractivity contribution in [3.63, 3.8) is 0 Å². The van der Waals surface area contributed by atoms with Gasteiger partial charge in [-0.15, -0.1) is 0 Å². The Hall–Kier alpha value is -0.420. The minimum absolute atomic E-state index is 0. The first kappa shape index (κ1) is 32.5. The standard InChI is InChI=1S/C7H16O3.C7H14O.3CH4/c1-3-6(8)7(9)4-5-10-2;1-3-4-5-6-7-8-2;;;/h6-9H,3-5H2,1-2H3;4-5H,3,6-7H2,1-2H3;3*1H4/b;5-4+;;;. The van der Waals surface area contributed by atoms with E-state index >= 15 is 0 Å². The Morgan fingerprint density at radius 2 is 1.38 bits per heavy atom. The first-order valence-electron chi connectivity index (χ1n) is 6.62. The van der Waals surface area contributed by atoms with E-state index in [4.69, 9.17) is 19.7 Å². The molecule has 0 aliphatic carbocycles. The Morgan fingerprint density at radius 3 is 1.76 bits per heavy atom. The van der Waals surface area contributed by atoms with E-state index in [1.54, 1.807) is 14.2 Å².